The molecular formula is C15H10ClN3O2. The third-order valence-corrected chi connectivity index (χ3v) is 3.20. The van der Waals surface area contributed by atoms with Crippen LogP contribution in [-0.4, -0.2) is 21.0 Å². The SMILES string of the molecule is O=C(Nc1cccc2c(O)cccc12)c1cnc(Cl)cn1. The average molecular weight is 300 g/mol. The molecule has 0 unspecified atom stereocenters. The molecule has 0 radical (unpaired) electrons. The molecule has 1 aromatic heterocycles. The number of benzene rings is 2. The van der Waals surface area contributed by atoms with Gasteiger partial charge in [-0.25, -0.2) is 9.97 Å². The van der Waals surface area contributed by atoms with Gasteiger partial charge in [-0.05, 0) is 12.1 Å². The van der Waals surface area contributed by atoms with Crippen LogP contribution >= 0.6 is 11.6 Å². The van der Waals surface area contributed by atoms with E-state index in [1.807, 2.05) is 6.07 Å². The Hall–Kier alpha value is -2.66. The van der Waals surface area contributed by atoms with Crippen LogP contribution in [0, 0.1) is 0 Å². The van der Waals surface area contributed by atoms with E-state index in [9.17, 15) is 9.90 Å². The predicted octanol–water partition coefficient (Wildman–Crippen LogP) is 3.24. The highest BCUT2D eigenvalue weighted by Crippen LogP contribution is 2.29. The Kier molecular flexibility index (Phi) is 3.41. The van der Waals surface area contributed by atoms with E-state index in [0.717, 1.165) is 5.39 Å². The third-order valence-electron chi connectivity index (χ3n) is 3.00. The van der Waals surface area contributed by atoms with Crippen molar-refractivity contribution in [2.24, 2.45) is 0 Å². The summed E-state index contributed by atoms with van der Waals surface area (Å²) >= 11 is 5.64. The molecule has 0 bridgehead atoms. The number of phenolic OH excluding ortho intramolecular Hbond substituents is 1. The number of aromatic hydroxyl groups is 1. The first-order valence-electron chi connectivity index (χ1n) is 6.15. The molecule has 0 atom stereocenters. The van der Waals surface area contributed by atoms with E-state index < -0.39 is 5.91 Å². The summed E-state index contributed by atoms with van der Waals surface area (Å²) in [6.45, 7) is 0. The minimum absolute atomic E-state index is 0.162. The Morgan fingerprint density at radius 3 is 2.57 bits per heavy atom. The first-order chi connectivity index (χ1) is 10.1. The molecule has 0 aliphatic rings. The van der Waals surface area contributed by atoms with Gasteiger partial charge in [0, 0.05) is 16.5 Å². The molecule has 1 heterocycles. The van der Waals surface area contributed by atoms with Gasteiger partial charge < -0.3 is 10.4 Å². The van der Waals surface area contributed by atoms with E-state index in [1.54, 1.807) is 30.3 Å². The molecule has 0 aliphatic heterocycles. The number of rotatable bonds is 2. The summed E-state index contributed by atoms with van der Waals surface area (Å²) in [4.78, 5) is 19.9. The maximum atomic E-state index is 12.1. The summed E-state index contributed by atoms with van der Waals surface area (Å²) in [6.07, 6.45) is 2.62. The first-order valence-corrected chi connectivity index (χ1v) is 6.52. The molecule has 0 aliphatic carbocycles. The predicted molar refractivity (Wildman–Crippen MR) is 80.6 cm³/mol. The van der Waals surface area contributed by atoms with Gasteiger partial charge in [-0.3, -0.25) is 4.79 Å². The Bertz CT molecular complexity index is 819. The summed E-state index contributed by atoms with van der Waals surface area (Å²) in [5, 5.41) is 14.2. The molecular weight excluding hydrogens is 290 g/mol. The molecule has 21 heavy (non-hydrogen) atoms. The highest BCUT2D eigenvalue weighted by Gasteiger charge is 2.11. The Morgan fingerprint density at radius 2 is 1.81 bits per heavy atom. The number of aromatic nitrogens is 2. The Labute approximate surface area is 125 Å². The molecule has 3 rings (SSSR count). The number of carbonyl (C=O) groups excluding carboxylic acids is 1. The first kappa shape index (κ1) is 13.3. The number of nitrogens with zero attached hydrogens (tertiary/aromatic N) is 2. The van der Waals surface area contributed by atoms with Crippen LogP contribution in [0.15, 0.2) is 48.8 Å². The molecule has 0 spiro atoms. The van der Waals surface area contributed by atoms with E-state index in [4.69, 9.17) is 11.6 Å². The van der Waals surface area contributed by atoms with Gasteiger partial charge in [0.25, 0.3) is 5.91 Å². The minimum atomic E-state index is -0.394. The number of carbonyl (C=O) groups is 1. The molecule has 2 aromatic carbocycles. The summed E-state index contributed by atoms with van der Waals surface area (Å²) in [6, 6.07) is 10.4. The number of phenols is 1. The summed E-state index contributed by atoms with van der Waals surface area (Å²) in [5.74, 6) is -0.232. The summed E-state index contributed by atoms with van der Waals surface area (Å²) < 4.78 is 0. The van der Waals surface area contributed by atoms with Crippen molar-refractivity contribution >= 4 is 34.0 Å². The number of halogens is 1. The molecule has 5 nitrogen and oxygen atoms in total. The summed E-state index contributed by atoms with van der Waals surface area (Å²) in [5.41, 5.74) is 0.752. The van der Waals surface area contributed by atoms with Crippen LogP contribution in [0.25, 0.3) is 10.8 Å². The zero-order valence-corrected chi connectivity index (χ0v) is 11.5. The maximum absolute atomic E-state index is 12.1. The van der Waals surface area contributed by atoms with Gasteiger partial charge in [-0.2, -0.15) is 0 Å². The van der Waals surface area contributed by atoms with Crippen LogP contribution in [0.3, 0.4) is 0 Å². The van der Waals surface area contributed by atoms with Crippen LogP contribution in [0.2, 0.25) is 5.15 Å². The van der Waals surface area contributed by atoms with Crippen LogP contribution in [0.1, 0.15) is 10.5 Å². The number of fused-ring (bicyclic) bond motifs is 1. The number of nitrogens with one attached hydrogen (secondary N) is 1. The van der Waals surface area contributed by atoms with E-state index in [2.05, 4.69) is 15.3 Å². The van der Waals surface area contributed by atoms with Gasteiger partial charge in [0.2, 0.25) is 0 Å². The lowest BCUT2D eigenvalue weighted by Crippen LogP contribution is -2.14. The van der Waals surface area contributed by atoms with E-state index in [0.29, 0.717) is 11.1 Å². The molecule has 0 saturated heterocycles. The average Bonchev–Trinajstić information content (AvgIpc) is 2.49. The standard InChI is InChI=1S/C15H10ClN3O2/c16-14-8-17-12(7-18-14)15(21)19-11-5-1-4-10-9(11)3-2-6-13(10)20/h1-8,20H,(H,19,21). The zero-order valence-electron chi connectivity index (χ0n) is 10.7. The van der Waals surface area contributed by atoms with Gasteiger partial charge >= 0.3 is 0 Å². The smallest absolute Gasteiger partial charge is 0.275 e. The number of amides is 1. The van der Waals surface area contributed by atoms with Gasteiger partial charge in [0.1, 0.15) is 16.6 Å². The van der Waals surface area contributed by atoms with Crippen molar-refractivity contribution in [2.45, 2.75) is 0 Å². The topological polar surface area (TPSA) is 75.1 Å². The fourth-order valence-corrected chi connectivity index (χ4v) is 2.12. The van der Waals surface area contributed by atoms with E-state index >= 15 is 0 Å². The normalized spacial score (nSPS) is 10.5. The van der Waals surface area contributed by atoms with Crippen molar-refractivity contribution in [1.82, 2.24) is 9.97 Å². The molecule has 0 fully saturated rings. The second-order valence-electron chi connectivity index (χ2n) is 4.36. The highest BCUT2D eigenvalue weighted by atomic mass is 35.5. The molecule has 2 N–H and O–H groups in total. The second-order valence-corrected chi connectivity index (χ2v) is 4.74. The van der Waals surface area contributed by atoms with Crippen molar-refractivity contribution in [3.8, 4) is 5.75 Å². The third kappa shape index (κ3) is 2.64. The van der Waals surface area contributed by atoms with Crippen LogP contribution in [0.5, 0.6) is 5.75 Å². The van der Waals surface area contributed by atoms with E-state index in [1.165, 1.54) is 12.4 Å². The quantitative estimate of drug-likeness (QED) is 0.761. The van der Waals surface area contributed by atoms with Gasteiger partial charge in [0.15, 0.2) is 0 Å². The Balaban J connectivity index is 1.96. The minimum Gasteiger partial charge on any atom is -0.507 e. The van der Waals surface area contributed by atoms with Crippen molar-refractivity contribution in [1.29, 1.82) is 0 Å². The molecule has 3 aromatic rings. The van der Waals surface area contributed by atoms with Gasteiger partial charge in [-0.15, -0.1) is 0 Å². The molecule has 0 saturated carbocycles. The maximum Gasteiger partial charge on any atom is 0.275 e. The van der Waals surface area contributed by atoms with Crippen molar-refractivity contribution in [2.75, 3.05) is 5.32 Å². The fourth-order valence-electron chi connectivity index (χ4n) is 2.02. The molecule has 104 valence electrons. The number of hydrogen-bond acceptors (Lipinski definition) is 4. The van der Waals surface area contributed by atoms with Crippen molar-refractivity contribution in [3.05, 3.63) is 59.6 Å². The monoisotopic (exact) mass is 299 g/mol. The van der Waals surface area contributed by atoms with Crippen LogP contribution in [0.4, 0.5) is 5.69 Å². The fraction of sp³-hybridized carbons (Fsp3) is 0. The lowest BCUT2D eigenvalue weighted by Gasteiger charge is -2.09. The van der Waals surface area contributed by atoms with Crippen LogP contribution in [-0.2, 0) is 0 Å². The highest BCUT2D eigenvalue weighted by molar-refractivity contribution is 6.29. The Morgan fingerprint density at radius 1 is 1.05 bits per heavy atom. The summed E-state index contributed by atoms with van der Waals surface area (Å²) in [7, 11) is 0. The number of hydrogen-bond donors (Lipinski definition) is 2. The molecule has 6 heteroatoms. The lowest BCUT2D eigenvalue weighted by atomic mass is 10.1. The molecule has 1 amide bonds. The van der Waals surface area contributed by atoms with Gasteiger partial charge in [0.05, 0.1) is 12.4 Å². The van der Waals surface area contributed by atoms with Crippen molar-refractivity contribution < 1.29 is 9.90 Å². The van der Waals surface area contributed by atoms with Crippen LogP contribution < -0.4 is 5.32 Å². The number of anilines is 1. The largest absolute Gasteiger partial charge is 0.507 e. The lowest BCUT2D eigenvalue weighted by molar-refractivity contribution is 0.102. The second kappa shape index (κ2) is 5.38. The van der Waals surface area contributed by atoms with Crippen molar-refractivity contribution in [3.63, 3.8) is 0 Å². The van der Waals surface area contributed by atoms with Gasteiger partial charge in [-0.1, -0.05) is 35.9 Å². The zero-order chi connectivity index (χ0) is 14.8. The van der Waals surface area contributed by atoms with E-state index in [-0.39, 0.29) is 16.6 Å².